The Labute approximate surface area is 194 Å². The lowest BCUT2D eigenvalue weighted by molar-refractivity contribution is 0.172. The van der Waals surface area contributed by atoms with Gasteiger partial charge in [0, 0.05) is 29.7 Å². The summed E-state index contributed by atoms with van der Waals surface area (Å²) in [5.41, 5.74) is 4.47. The number of aromatic nitrogens is 1. The molecule has 0 spiro atoms. The van der Waals surface area contributed by atoms with Crippen LogP contribution in [0.3, 0.4) is 0 Å². The number of aliphatic hydroxyl groups excluding tert-OH is 1. The summed E-state index contributed by atoms with van der Waals surface area (Å²) in [6.07, 6.45) is 6.09. The summed E-state index contributed by atoms with van der Waals surface area (Å²) in [4.78, 5) is 3.56. The van der Waals surface area contributed by atoms with Crippen LogP contribution in [0.1, 0.15) is 42.2 Å². The number of nitrogens with one attached hydrogen (secondary N) is 3. The molecule has 178 valence electrons. The van der Waals surface area contributed by atoms with Crippen LogP contribution in [0.25, 0.3) is 10.9 Å². The van der Waals surface area contributed by atoms with Crippen LogP contribution in [-0.2, 0) is 22.9 Å². The van der Waals surface area contributed by atoms with E-state index in [1.807, 2.05) is 6.07 Å². The number of hydrogen-bond acceptors (Lipinski definition) is 6. The molecule has 4 rings (SSSR count). The number of aryl methyl sites for hydroxylation is 2. The lowest BCUT2D eigenvalue weighted by Crippen LogP contribution is -2.26. The first-order valence-corrected chi connectivity index (χ1v) is 13.1. The second-order valence-corrected chi connectivity index (χ2v) is 10.3. The second kappa shape index (κ2) is 10.0. The van der Waals surface area contributed by atoms with Gasteiger partial charge in [-0.05, 0) is 67.1 Å². The summed E-state index contributed by atoms with van der Waals surface area (Å²) in [5, 5.41) is 24.6. The van der Waals surface area contributed by atoms with E-state index in [0.29, 0.717) is 18.7 Å². The van der Waals surface area contributed by atoms with Crippen LogP contribution in [0.5, 0.6) is 11.5 Å². The summed E-state index contributed by atoms with van der Waals surface area (Å²) < 4.78 is 31.0. The van der Waals surface area contributed by atoms with Crippen molar-refractivity contribution < 1.29 is 23.4 Å². The highest BCUT2D eigenvalue weighted by molar-refractivity contribution is 7.92. The normalized spacial score (nSPS) is 15.1. The van der Waals surface area contributed by atoms with Gasteiger partial charge in [0.05, 0.1) is 18.0 Å². The molecule has 0 saturated heterocycles. The minimum atomic E-state index is -3.54. The average molecular weight is 474 g/mol. The van der Waals surface area contributed by atoms with Crippen molar-refractivity contribution in [3.63, 3.8) is 0 Å². The number of rotatable bonds is 9. The highest BCUT2D eigenvalue weighted by Crippen LogP contribution is 2.31. The van der Waals surface area contributed by atoms with Crippen LogP contribution in [0, 0.1) is 0 Å². The van der Waals surface area contributed by atoms with Gasteiger partial charge in [-0.1, -0.05) is 12.5 Å². The summed E-state index contributed by atoms with van der Waals surface area (Å²) >= 11 is 0. The van der Waals surface area contributed by atoms with Crippen molar-refractivity contribution in [3.8, 4) is 11.5 Å². The van der Waals surface area contributed by atoms with Crippen LogP contribution in [0.2, 0.25) is 0 Å². The third kappa shape index (κ3) is 5.98. The first kappa shape index (κ1) is 23.4. The van der Waals surface area contributed by atoms with E-state index in [1.165, 1.54) is 48.0 Å². The largest absolute Gasteiger partial charge is 0.506 e. The predicted octanol–water partition coefficient (Wildman–Crippen LogP) is 3.22. The molecule has 0 radical (unpaired) electrons. The van der Waals surface area contributed by atoms with E-state index in [1.54, 1.807) is 6.07 Å². The average Bonchev–Trinajstić information content (AvgIpc) is 2.94. The fourth-order valence-electron chi connectivity index (χ4n) is 4.29. The van der Waals surface area contributed by atoms with Gasteiger partial charge in [-0.2, -0.15) is 0 Å². The Morgan fingerprint density at radius 2 is 1.94 bits per heavy atom. The van der Waals surface area contributed by atoms with Crippen molar-refractivity contribution in [2.75, 3.05) is 30.7 Å². The molecule has 0 bridgehead atoms. The molecule has 0 amide bonds. The van der Waals surface area contributed by atoms with Crippen LogP contribution in [0.15, 0.2) is 36.4 Å². The number of aromatic hydroxyl groups is 1. The Kier molecular flexibility index (Phi) is 7.11. The van der Waals surface area contributed by atoms with Crippen molar-refractivity contribution in [1.29, 1.82) is 0 Å². The molecule has 1 heterocycles. The molecule has 8 nitrogen and oxygen atoms in total. The van der Waals surface area contributed by atoms with Gasteiger partial charge >= 0.3 is 0 Å². The maximum absolute atomic E-state index is 11.4. The van der Waals surface area contributed by atoms with Crippen LogP contribution in [-0.4, -0.2) is 49.6 Å². The monoisotopic (exact) mass is 473 g/mol. The smallest absolute Gasteiger partial charge is 0.229 e. The molecule has 2 aromatic carbocycles. The number of sulfonamides is 1. The molecular formula is C24H31N3O5S. The van der Waals surface area contributed by atoms with Gasteiger partial charge < -0.3 is 25.3 Å². The lowest BCUT2D eigenvalue weighted by Gasteiger charge is -2.15. The molecule has 33 heavy (non-hydrogen) atoms. The zero-order valence-electron chi connectivity index (χ0n) is 18.7. The molecule has 0 saturated carbocycles. The summed E-state index contributed by atoms with van der Waals surface area (Å²) in [6, 6.07) is 10.5. The molecule has 3 aromatic rings. The van der Waals surface area contributed by atoms with Gasteiger partial charge in [0.1, 0.15) is 18.1 Å². The summed E-state index contributed by atoms with van der Waals surface area (Å²) in [5.74, 6) is 0.625. The maximum atomic E-state index is 11.4. The fourth-order valence-corrected chi connectivity index (χ4v) is 4.85. The standard InChI is InChI=1S/C24H31N3O5S/c1-33(30,31)27-22-13-16(7-10-23(22)28)24(29)15-25-11-12-32-17-8-9-21-19(14-17)18-5-3-2-4-6-20(18)26-21/h7-10,13-14,24-29H,2-6,11-12,15H2,1H3/t24-/m0/s1. The first-order chi connectivity index (χ1) is 15.8. The summed E-state index contributed by atoms with van der Waals surface area (Å²) in [7, 11) is -3.54. The van der Waals surface area contributed by atoms with E-state index in [2.05, 4.69) is 27.2 Å². The third-order valence-electron chi connectivity index (χ3n) is 5.91. The van der Waals surface area contributed by atoms with Gasteiger partial charge in [-0.15, -0.1) is 0 Å². The van der Waals surface area contributed by atoms with Gasteiger partial charge in [0.15, 0.2) is 0 Å². The van der Waals surface area contributed by atoms with Crippen LogP contribution < -0.4 is 14.8 Å². The second-order valence-electron chi connectivity index (χ2n) is 8.57. The number of phenolic OH excluding ortho intramolecular Hbond substituents is 1. The molecule has 1 atom stereocenters. The minimum Gasteiger partial charge on any atom is -0.506 e. The van der Waals surface area contributed by atoms with E-state index in [9.17, 15) is 18.6 Å². The molecule has 0 unspecified atom stereocenters. The van der Waals surface area contributed by atoms with Crippen molar-refractivity contribution in [2.45, 2.75) is 38.2 Å². The van der Waals surface area contributed by atoms with Crippen molar-refractivity contribution >= 4 is 26.6 Å². The highest BCUT2D eigenvalue weighted by atomic mass is 32.2. The zero-order chi connectivity index (χ0) is 23.4. The highest BCUT2D eigenvalue weighted by Gasteiger charge is 2.15. The lowest BCUT2D eigenvalue weighted by atomic mass is 10.1. The van der Waals surface area contributed by atoms with Gasteiger partial charge in [0.2, 0.25) is 10.0 Å². The number of ether oxygens (including phenoxy) is 1. The predicted molar refractivity (Wildman–Crippen MR) is 129 cm³/mol. The maximum Gasteiger partial charge on any atom is 0.229 e. The Morgan fingerprint density at radius 1 is 1.12 bits per heavy atom. The molecule has 9 heteroatoms. The van der Waals surface area contributed by atoms with Crippen LogP contribution in [0.4, 0.5) is 5.69 Å². The number of aliphatic hydroxyl groups is 1. The Hall–Kier alpha value is -2.75. The summed E-state index contributed by atoms with van der Waals surface area (Å²) in [6.45, 7) is 1.24. The molecule has 1 aromatic heterocycles. The van der Waals surface area contributed by atoms with Gasteiger partial charge in [-0.3, -0.25) is 4.72 Å². The van der Waals surface area contributed by atoms with Gasteiger partial charge in [0.25, 0.3) is 0 Å². The number of fused-ring (bicyclic) bond motifs is 3. The molecule has 0 aliphatic heterocycles. The number of anilines is 1. The van der Waals surface area contributed by atoms with E-state index < -0.39 is 16.1 Å². The van der Waals surface area contributed by atoms with Gasteiger partial charge in [-0.25, -0.2) is 8.42 Å². The van der Waals surface area contributed by atoms with Crippen molar-refractivity contribution in [2.24, 2.45) is 0 Å². The van der Waals surface area contributed by atoms with E-state index in [-0.39, 0.29) is 18.0 Å². The van der Waals surface area contributed by atoms with Crippen molar-refractivity contribution in [1.82, 2.24) is 10.3 Å². The van der Waals surface area contributed by atoms with Crippen molar-refractivity contribution in [3.05, 3.63) is 53.2 Å². The van der Waals surface area contributed by atoms with Crippen LogP contribution >= 0.6 is 0 Å². The Bertz CT molecular complexity index is 1220. The molecular weight excluding hydrogens is 442 g/mol. The number of benzene rings is 2. The van der Waals surface area contributed by atoms with E-state index in [0.717, 1.165) is 30.4 Å². The first-order valence-electron chi connectivity index (χ1n) is 11.3. The Balaban J connectivity index is 1.28. The SMILES string of the molecule is CS(=O)(=O)Nc1cc([C@@H](O)CNCCOc2ccc3[nH]c4c(c3c2)CCCCC4)ccc1O. The molecule has 0 fully saturated rings. The molecule has 5 N–H and O–H groups in total. The Morgan fingerprint density at radius 3 is 2.76 bits per heavy atom. The number of H-pyrrole nitrogens is 1. The zero-order valence-corrected chi connectivity index (χ0v) is 19.5. The van der Waals surface area contributed by atoms with E-state index in [4.69, 9.17) is 4.74 Å². The minimum absolute atomic E-state index is 0.0374. The fraction of sp³-hybridized carbons (Fsp3) is 0.417. The molecule has 1 aliphatic carbocycles. The molecule has 1 aliphatic rings. The number of hydrogen-bond donors (Lipinski definition) is 5. The topological polar surface area (TPSA) is 124 Å². The number of aromatic amines is 1. The number of phenols is 1. The quantitative estimate of drug-likeness (QED) is 0.185. The van der Waals surface area contributed by atoms with E-state index >= 15 is 0 Å². The third-order valence-corrected chi connectivity index (χ3v) is 6.50.